The summed E-state index contributed by atoms with van der Waals surface area (Å²) < 4.78 is 3.21. The van der Waals surface area contributed by atoms with Crippen LogP contribution in [0.25, 0.3) is 22.5 Å². The van der Waals surface area contributed by atoms with Gasteiger partial charge in [0.15, 0.2) is 0 Å². The Morgan fingerprint density at radius 3 is 2.96 bits per heavy atom. The van der Waals surface area contributed by atoms with Gasteiger partial charge in [0.2, 0.25) is 0 Å². The number of aromatic nitrogens is 1. The van der Waals surface area contributed by atoms with Crippen molar-refractivity contribution in [1.82, 2.24) is 9.47 Å². The number of thiophene rings is 1. The Bertz CT molecular complexity index is 904. The van der Waals surface area contributed by atoms with E-state index in [-0.39, 0.29) is 0 Å². The monoisotopic (exact) mass is 342 g/mol. The van der Waals surface area contributed by atoms with Crippen molar-refractivity contribution in [3.05, 3.63) is 57.1 Å². The number of hydrogen-bond acceptors (Lipinski definition) is 2. The molecule has 0 spiro atoms. The number of benzene rings is 1. The number of aryl methyl sites for hydroxylation is 1. The lowest BCUT2D eigenvalue weighted by Gasteiger charge is -2.23. The molecule has 1 aliphatic heterocycles. The summed E-state index contributed by atoms with van der Waals surface area (Å²) in [6.45, 7) is 4.24. The van der Waals surface area contributed by atoms with Crippen molar-refractivity contribution in [2.75, 3.05) is 13.6 Å². The van der Waals surface area contributed by atoms with Gasteiger partial charge in [-0.05, 0) is 37.2 Å². The molecule has 1 aliphatic rings. The Kier molecular flexibility index (Phi) is 3.80. The van der Waals surface area contributed by atoms with E-state index in [0.717, 1.165) is 23.8 Å². The molecular weight excluding hydrogens is 324 g/mol. The van der Waals surface area contributed by atoms with Gasteiger partial charge in [-0.3, -0.25) is 0 Å². The zero-order valence-corrected chi connectivity index (χ0v) is 14.9. The molecule has 0 bridgehead atoms. The van der Waals surface area contributed by atoms with Crippen molar-refractivity contribution in [3.8, 4) is 0 Å². The first-order valence-corrected chi connectivity index (χ1v) is 9.05. The molecular formula is C19H19ClN2S. The van der Waals surface area contributed by atoms with Crippen LogP contribution in [-0.4, -0.2) is 23.1 Å². The van der Waals surface area contributed by atoms with Crippen molar-refractivity contribution in [2.24, 2.45) is 0 Å². The topological polar surface area (TPSA) is 8.17 Å². The van der Waals surface area contributed by atoms with Crippen LogP contribution in [0.3, 0.4) is 0 Å². The van der Waals surface area contributed by atoms with Crippen molar-refractivity contribution >= 4 is 45.4 Å². The summed E-state index contributed by atoms with van der Waals surface area (Å²) in [5.74, 6) is 0. The van der Waals surface area contributed by atoms with Crippen LogP contribution in [0.5, 0.6) is 0 Å². The average molecular weight is 343 g/mol. The van der Waals surface area contributed by atoms with Gasteiger partial charge in [-0.2, -0.15) is 0 Å². The lowest BCUT2D eigenvalue weighted by Crippen LogP contribution is -2.26. The molecule has 3 heterocycles. The van der Waals surface area contributed by atoms with Crippen LogP contribution in [-0.2, 0) is 13.0 Å². The molecule has 2 aromatic heterocycles. The molecule has 4 heteroatoms. The van der Waals surface area contributed by atoms with Gasteiger partial charge in [-0.1, -0.05) is 41.4 Å². The SMILES string of the molecule is Cc1cccc(/C=C\n2c3c(c4cc(Cl)sc42)CN(C)CC3)c1. The molecule has 118 valence electrons. The van der Waals surface area contributed by atoms with E-state index in [2.05, 4.69) is 66.0 Å². The smallest absolute Gasteiger partial charge is 0.108 e. The summed E-state index contributed by atoms with van der Waals surface area (Å²) in [4.78, 5) is 3.64. The Morgan fingerprint density at radius 1 is 1.26 bits per heavy atom. The third-order valence-electron chi connectivity index (χ3n) is 4.48. The summed E-state index contributed by atoms with van der Waals surface area (Å²) in [5.41, 5.74) is 5.39. The van der Waals surface area contributed by atoms with Crippen LogP contribution in [0.1, 0.15) is 22.4 Å². The Hall–Kier alpha value is -1.55. The number of halogens is 1. The quantitative estimate of drug-likeness (QED) is 0.615. The first kappa shape index (κ1) is 15.0. The molecule has 0 radical (unpaired) electrons. The molecule has 23 heavy (non-hydrogen) atoms. The lowest BCUT2D eigenvalue weighted by molar-refractivity contribution is 0.312. The Balaban J connectivity index is 1.83. The van der Waals surface area contributed by atoms with E-state index in [1.54, 1.807) is 11.3 Å². The second kappa shape index (κ2) is 5.82. The highest BCUT2D eigenvalue weighted by Crippen LogP contribution is 2.38. The fourth-order valence-electron chi connectivity index (χ4n) is 3.36. The number of rotatable bonds is 2. The molecule has 1 aromatic carbocycles. The van der Waals surface area contributed by atoms with E-state index >= 15 is 0 Å². The minimum atomic E-state index is 0.865. The molecule has 0 N–H and O–H groups in total. The van der Waals surface area contributed by atoms with Crippen molar-refractivity contribution < 1.29 is 0 Å². The first-order valence-electron chi connectivity index (χ1n) is 7.86. The molecule has 0 saturated carbocycles. The molecule has 0 atom stereocenters. The predicted molar refractivity (Wildman–Crippen MR) is 101 cm³/mol. The number of nitrogens with zero attached hydrogens (tertiary/aromatic N) is 2. The van der Waals surface area contributed by atoms with Crippen LogP contribution in [0, 0.1) is 6.92 Å². The second-order valence-corrected chi connectivity index (χ2v) is 7.94. The minimum absolute atomic E-state index is 0.865. The third-order valence-corrected chi connectivity index (χ3v) is 5.75. The maximum Gasteiger partial charge on any atom is 0.108 e. The molecule has 4 rings (SSSR count). The number of fused-ring (bicyclic) bond motifs is 3. The van der Waals surface area contributed by atoms with Crippen LogP contribution < -0.4 is 0 Å². The normalized spacial score (nSPS) is 15.6. The van der Waals surface area contributed by atoms with Gasteiger partial charge in [-0.15, -0.1) is 11.3 Å². The molecule has 0 aliphatic carbocycles. The maximum atomic E-state index is 6.28. The predicted octanol–water partition coefficient (Wildman–Crippen LogP) is 5.28. The van der Waals surface area contributed by atoms with Crippen LogP contribution >= 0.6 is 22.9 Å². The summed E-state index contributed by atoms with van der Waals surface area (Å²) in [6.07, 6.45) is 5.48. The standard InChI is InChI=1S/C19H19ClN2S/c1-13-4-3-5-14(10-13)6-9-22-17-7-8-21(2)12-16(17)15-11-18(20)23-19(15)22/h3-6,9-11H,7-8,12H2,1-2H3/b9-6-. The Labute approximate surface area is 145 Å². The minimum Gasteiger partial charge on any atom is -0.312 e. The van der Waals surface area contributed by atoms with E-state index in [4.69, 9.17) is 11.6 Å². The van der Waals surface area contributed by atoms with Gasteiger partial charge >= 0.3 is 0 Å². The van der Waals surface area contributed by atoms with E-state index in [0.29, 0.717) is 0 Å². The third kappa shape index (κ3) is 2.74. The maximum absolute atomic E-state index is 6.28. The fourth-order valence-corrected chi connectivity index (χ4v) is 4.61. The van der Waals surface area contributed by atoms with E-state index < -0.39 is 0 Å². The van der Waals surface area contributed by atoms with Gasteiger partial charge in [0.1, 0.15) is 4.83 Å². The van der Waals surface area contributed by atoms with Crippen molar-refractivity contribution in [2.45, 2.75) is 19.9 Å². The van der Waals surface area contributed by atoms with Crippen LogP contribution in [0.4, 0.5) is 0 Å². The molecule has 0 unspecified atom stereocenters. The van der Waals surface area contributed by atoms with Gasteiger partial charge in [0, 0.05) is 36.8 Å². The van der Waals surface area contributed by atoms with E-state index in [9.17, 15) is 0 Å². The van der Waals surface area contributed by atoms with E-state index in [1.165, 1.54) is 32.6 Å². The van der Waals surface area contributed by atoms with Crippen LogP contribution in [0.15, 0.2) is 30.3 Å². The zero-order valence-electron chi connectivity index (χ0n) is 13.3. The highest BCUT2D eigenvalue weighted by atomic mass is 35.5. The van der Waals surface area contributed by atoms with Gasteiger partial charge in [-0.25, -0.2) is 0 Å². The summed E-state index contributed by atoms with van der Waals surface area (Å²) in [7, 11) is 2.18. The highest BCUT2D eigenvalue weighted by molar-refractivity contribution is 7.22. The number of likely N-dealkylation sites (N-methyl/N-ethyl adjacent to an activating group) is 1. The summed E-state index contributed by atoms with van der Waals surface area (Å²) in [5, 5.41) is 1.32. The Morgan fingerprint density at radius 2 is 2.13 bits per heavy atom. The largest absolute Gasteiger partial charge is 0.312 e. The molecule has 0 fully saturated rings. The second-order valence-electron chi connectivity index (χ2n) is 6.28. The molecule has 3 aromatic rings. The van der Waals surface area contributed by atoms with Gasteiger partial charge < -0.3 is 9.47 Å². The van der Waals surface area contributed by atoms with Crippen LogP contribution in [0.2, 0.25) is 4.34 Å². The zero-order chi connectivity index (χ0) is 16.0. The summed E-state index contributed by atoms with van der Waals surface area (Å²) >= 11 is 7.95. The average Bonchev–Trinajstić information content (AvgIpc) is 3.01. The van der Waals surface area contributed by atoms with E-state index in [1.807, 2.05) is 0 Å². The fraction of sp³-hybridized carbons (Fsp3) is 0.263. The van der Waals surface area contributed by atoms with Gasteiger partial charge in [0.05, 0.1) is 4.34 Å². The lowest BCUT2D eigenvalue weighted by atomic mass is 10.1. The molecule has 0 amide bonds. The van der Waals surface area contributed by atoms with Gasteiger partial charge in [0.25, 0.3) is 0 Å². The summed E-state index contributed by atoms with van der Waals surface area (Å²) in [6, 6.07) is 10.7. The molecule has 2 nitrogen and oxygen atoms in total. The van der Waals surface area contributed by atoms with Crippen molar-refractivity contribution in [3.63, 3.8) is 0 Å². The highest BCUT2D eigenvalue weighted by Gasteiger charge is 2.23. The van der Waals surface area contributed by atoms with Crippen molar-refractivity contribution in [1.29, 1.82) is 0 Å². The first-order chi connectivity index (χ1) is 11.1. The molecule has 0 saturated heterocycles. The number of hydrogen-bond donors (Lipinski definition) is 0.